The Morgan fingerprint density at radius 2 is 1.29 bits per heavy atom. The van der Waals surface area contributed by atoms with Crippen LogP contribution in [0.15, 0.2) is 34.8 Å². The van der Waals surface area contributed by atoms with Gasteiger partial charge in [-0.25, -0.2) is 10.0 Å². The number of nitroso groups, excluding NO2 is 2. The highest BCUT2D eigenvalue weighted by Gasteiger charge is 2.10. The first kappa shape index (κ1) is 10.1. The number of nitrogens with zero attached hydrogens (tertiary/aromatic N) is 4. The maximum absolute atomic E-state index is 10.3. The number of para-hydroxylation sites is 2. The van der Waals surface area contributed by atoms with E-state index in [1.165, 1.54) is 14.1 Å². The normalized spacial score (nSPS) is 9.29. The van der Waals surface area contributed by atoms with Crippen molar-refractivity contribution in [2.75, 3.05) is 24.1 Å². The van der Waals surface area contributed by atoms with E-state index in [0.717, 1.165) is 10.0 Å². The molecule has 0 aliphatic carbocycles. The third-order valence-corrected chi connectivity index (χ3v) is 1.82. The Labute approximate surface area is 81.0 Å². The van der Waals surface area contributed by atoms with Crippen LogP contribution in [0.25, 0.3) is 0 Å². The second kappa shape index (κ2) is 4.31. The van der Waals surface area contributed by atoms with Gasteiger partial charge in [0.1, 0.15) is 0 Å². The van der Waals surface area contributed by atoms with Gasteiger partial charge in [-0.15, -0.1) is 9.81 Å². The van der Waals surface area contributed by atoms with Crippen molar-refractivity contribution in [3.8, 4) is 0 Å². The van der Waals surface area contributed by atoms with Crippen molar-refractivity contribution < 1.29 is 0 Å². The lowest BCUT2D eigenvalue weighted by atomic mass is 10.2. The highest BCUT2D eigenvalue weighted by molar-refractivity contribution is 5.69. The summed E-state index contributed by atoms with van der Waals surface area (Å²) >= 11 is 0. The van der Waals surface area contributed by atoms with E-state index >= 15 is 0 Å². The minimum absolute atomic E-state index is 0.532. The average Bonchev–Trinajstić information content (AvgIpc) is 2.27. The van der Waals surface area contributed by atoms with Crippen molar-refractivity contribution in [3.63, 3.8) is 0 Å². The summed E-state index contributed by atoms with van der Waals surface area (Å²) in [5, 5.41) is 7.77. The number of hydrogen-bond acceptors (Lipinski definition) is 4. The first-order valence-corrected chi connectivity index (χ1v) is 3.93. The van der Waals surface area contributed by atoms with Crippen LogP contribution in [0.1, 0.15) is 0 Å². The van der Waals surface area contributed by atoms with Gasteiger partial charge in [-0.3, -0.25) is 0 Å². The summed E-state index contributed by atoms with van der Waals surface area (Å²) in [6.45, 7) is 0. The lowest BCUT2D eigenvalue weighted by Gasteiger charge is -2.16. The maximum Gasteiger partial charge on any atom is 0.0876 e. The van der Waals surface area contributed by atoms with Gasteiger partial charge in [0.05, 0.1) is 21.9 Å². The molecule has 14 heavy (non-hydrogen) atoms. The Balaban J connectivity index is 3.14. The van der Waals surface area contributed by atoms with E-state index in [4.69, 9.17) is 0 Å². The molecule has 0 saturated heterocycles. The zero-order chi connectivity index (χ0) is 10.6. The summed E-state index contributed by atoms with van der Waals surface area (Å²) in [6.07, 6.45) is 0. The number of hydrogen-bond donors (Lipinski definition) is 0. The van der Waals surface area contributed by atoms with Gasteiger partial charge < -0.3 is 0 Å². The molecule has 0 atom stereocenters. The van der Waals surface area contributed by atoms with Gasteiger partial charge in [-0.05, 0) is 12.1 Å². The van der Waals surface area contributed by atoms with Crippen LogP contribution in [0.2, 0.25) is 0 Å². The summed E-state index contributed by atoms with van der Waals surface area (Å²) in [7, 11) is 3.01. The topological polar surface area (TPSA) is 65.3 Å². The molecule has 6 nitrogen and oxygen atoms in total. The van der Waals surface area contributed by atoms with Crippen LogP contribution in [0.4, 0.5) is 11.4 Å². The Kier molecular flexibility index (Phi) is 3.11. The third kappa shape index (κ3) is 1.85. The van der Waals surface area contributed by atoms with Crippen molar-refractivity contribution in [1.29, 1.82) is 0 Å². The molecule has 0 unspecified atom stereocenters. The van der Waals surface area contributed by atoms with Crippen LogP contribution in [0.3, 0.4) is 0 Å². The first-order chi connectivity index (χ1) is 6.70. The molecule has 0 N–H and O–H groups in total. The number of anilines is 2. The summed E-state index contributed by atoms with van der Waals surface area (Å²) < 4.78 is 0. The van der Waals surface area contributed by atoms with E-state index in [1.54, 1.807) is 24.3 Å². The van der Waals surface area contributed by atoms with E-state index in [2.05, 4.69) is 10.6 Å². The van der Waals surface area contributed by atoms with Crippen LogP contribution in [-0.4, -0.2) is 14.1 Å². The second-order valence-corrected chi connectivity index (χ2v) is 2.70. The molecule has 74 valence electrons. The monoisotopic (exact) mass is 194 g/mol. The molecule has 0 saturated carbocycles. The molecule has 1 aromatic carbocycles. The fraction of sp³-hybridized carbons (Fsp3) is 0.250. The first-order valence-electron chi connectivity index (χ1n) is 3.93. The van der Waals surface area contributed by atoms with Gasteiger partial charge in [0.2, 0.25) is 0 Å². The van der Waals surface area contributed by atoms with Gasteiger partial charge in [0, 0.05) is 14.1 Å². The van der Waals surface area contributed by atoms with E-state index in [9.17, 15) is 9.81 Å². The summed E-state index contributed by atoms with van der Waals surface area (Å²) in [6, 6.07) is 6.86. The summed E-state index contributed by atoms with van der Waals surface area (Å²) in [5.41, 5.74) is 1.06. The van der Waals surface area contributed by atoms with E-state index in [0.29, 0.717) is 11.4 Å². The minimum atomic E-state index is 0.532. The molecule has 0 amide bonds. The molecular weight excluding hydrogens is 184 g/mol. The standard InChI is InChI=1S/C8H10N4O2/c1-11(9-13)7-5-3-4-6-8(7)12(2)10-14/h3-6H,1-2H3. The molecule has 0 radical (unpaired) electrons. The third-order valence-electron chi connectivity index (χ3n) is 1.82. The second-order valence-electron chi connectivity index (χ2n) is 2.70. The molecule has 1 aromatic rings. The highest BCUT2D eigenvalue weighted by atomic mass is 16.3. The maximum atomic E-state index is 10.3. The molecule has 0 aliphatic rings. The van der Waals surface area contributed by atoms with Gasteiger partial charge in [-0.2, -0.15) is 0 Å². The SMILES string of the molecule is CN(N=O)c1ccccc1N(C)N=O. The molecule has 0 heterocycles. The Bertz CT molecular complexity index is 309. The number of rotatable bonds is 4. The van der Waals surface area contributed by atoms with E-state index in [-0.39, 0.29) is 0 Å². The smallest absolute Gasteiger partial charge is 0.0876 e. The van der Waals surface area contributed by atoms with Crippen LogP contribution in [-0.2, 0) is 0 Å². The van der Waals surface area contributed by atoms with Crippen molar-refractivity contribution in [2.45, 2.75) is 0 Å². The Hall–Kier alpha value is -1.98. The molecule has 0 bridgehead atoms. The van der Waals surface area contributed by atoms with Crippen LogP contribution >= 0.6 is 0 Å². The average molecular weight is 194 g/mol. The predicted molar refractivity (Wildman–Crippen MR) is 54.8 cm³/mol. The van der Waals surface area contributed by atoms with E-state index < -0.39 is 0 Å². The van der Waals surface area contributed by atoms with Gasteiger partial charge in [-0.1, -0.05) is 12.1 Å². The fourth-order valence-electron chi connectivity index (χ4n) is 1.10. The molecule has 0 fully saturated rings. The molecule has 0 aliphatic heterocycles. The zero-order valence-electron chi connectivity index (χ0n) is 7.91. The largest absolute Gasteiger partial charge is 0.230 e. The van der Waals surface area contributed by atoms with Crippen molar-refractivity contribution in [2.24, 2.45) is 10.6 Å². The quantitative estimate of drug-likeness (QED) is 0.542. The predicted octanol–water partition coefficient (Wildman–Crippen LogP) is 1.92. The zero-order valence-corrected chi connectivity index (χ0v) is 7.91. The van der Waals surface area contributed by atoms with Gasteiger partial charge in [0.25, 0.3) is 0 Å². The number of benzene rings is 1. The van der Waals surface area contributed by atoms with Crippen LogP contribution in [0.5, 0.6) is 0 Å². The van der Waals surface area contributed by atoms with Crippen molar-refractivity contribution in [3.05, 3.63) is 34.1 Å². The molecule has 1 rings (SSSR count). The van der Waals surface area contributed by atoms with Gasteiger partial charge >= 0.3 is 0 Å². The minimum Gasteiger partial charge on any atom is -0.230 e. The van der Waals surface area contributed by atoms with Gasteiger partial charge in [0.15, 0.2) is 0 Å². The lowest BCUT2D eigenvalue weighted by Crippen LogP contribution is -2.14. The molecule has 6 heteroatoms. The molecule has 0 spiro atoms. The van der Waals surface area contributed by atoms with Crippen LogP contribution < -0.4 is 10.0 Å². The lowest BCUT2D eigenvalue weighted by molar-refractivity contribution is 0.959. The Morgan fingerprint density at radius 1 is 0.929 bits per heavy atom. The van der Waals surface area contributed by atoms with Crippen LogP contribution in [0, 0.1) is 9.81 Å². The summed E-state index contributed by atoms with van der Waals surface area (Å²) in [5.74, 6) is 0. The highest BCUT2D eigenvalue weighted by Crippen LogP contribution is 2.27. The van der Waals surface area contributed by atoms with Crippen molar-refractivity contribution >= 4 is 11.4 Å². The fourth-order valence-corrected chi connectivity index (χ4v) is 1.10. The Morgan fingerprint density at radius 3 is 1.57 bits per heavy atom. The van der Waals surface area contributed by atoms with E-state index in [1.807, 2.05) is 0 Å². The molecular formula is C8H10N4O2. The molecule has 0 aromatic heterocycles. The van der Waals surface area contributed by atoms with Crippen molar-refractivity contribution in [1.82, 2.24) is 0 Å². The summed E-state index contributed by atoms with van der Waals surface area (Å²) in [4.78, 5) is 20.6.